The minimum absolute atomic E-state index is 0.503. The Labute approximate surface area is 118 Å². The highest BCUT2D eigenvalue weighted by Gasteiger charge is 2.49. The van der Waals surface area contributed by atoms with E-state index in [2.05, 4.69) is 11.9 Å². The van der Waals surface area contributed by atoms with Crippen LogP contribution in [0.3, 0.4) is 0 Å². The molecule has 1 aromatic rings. The van der Waals surface area contributed by atoms with Gasteiger partial charge in [-0.3, -0.25) is 4.90 Å². The van der Waals surface area contributed by atoms with Gasteiger partial charge in [-0.2, -0.15) is 0 Å². The average Bonchev–Trinajstić information content (AvgIpc) is 2.47. The van der Waals surface area contributed by atoms with E-state index in [1.165, 1.54) is 0 Å². The lowest BCUT2D eigenvalue weighted by molar-refractivity contribution is -0.183. The van der Waals surface area contributed by atoms with E-state index in [1.807, 2.05) is 29.2 Å². The predicted molar refractivity (Wildman–Crippen MR) is 74.8 cm³/mol. The number of carbonyl (C=O) groups is 1. The van der Waals surface area contributed by atoms with Gasteiger partial charge in [0.05, 0.1) is 0 Å². The molecule has 2 aliphatic heterocycles. The van der Waals surface area contributed by atoms with Crippen molar-refractivity contribution in [2.75, 3.05) is 33.2 Å². The number of benzene rings is 1. The smallest absolute Gasteiger partial charge is 0.364 e. The third-order valence-corrected chi connectivity index (χ3v) is 4.33. The number of hydrogen-bond donors (Lipinski definition) is 1. The number of hydrogen-bond acceptors (Lipinski definition) is 4. The molecule has 3 rings (SSSR count). The first-order valence-corrected chi connectivity index (χ1v) is 7.06. The van der Waals surface area contributed by atoms with Crippen molar-refractivity contribution in [2.45, 2.75) is 18.6 Å². The van der Waals surface area contributed by atoms with E-state index >= 15 is 0 Å². The highest BCUT2D eigenvalue weighted by atomic mass is 16.5. The van der Waals surface area contributed by atoms with Gasteiger partial charge in [-0.05, 0) is 25.1 Å². The van der Waals surface area contributed by atoms with Crippen LogP contribution in [-0.2, 0) is 11.2 Å². The molecule has 5 nitrogen and oxygen atoms in total. The highest BCUT2D eigenvalue weighted by molar-refractivity contribution is 5.78. The summed E-state index contributed by atoms with van der Waals surface area (Å²) in [4.78, 5) is 16.1. The zero-order chi connectivity index (χ0) is 14.2. The number of piperazine rings is 1. The van der Waals surface area contributed by atoms with E-state index in [4.69, 9.17) is 4.74 Å². The Hall–Kier alpha value is -1.59. The Morgan fingerprint density at radius 2 is 1.95 bits per heavy atom. The van der Waals surface area contributed by atoms with Crippen LogP contribution in [0.2, 0.25) is 0 Å². The van der Waals surface area contributed by atoms with Crippen LogP contribution < -0.4 is 4.74 Å². The summed E-state index contributed by atoms with van der Waals surface area (Å²) in [5.41, 5.74) is -0.103. The number of ether oxygens (including phenoxy) is 1. The van der Waals surface area contributed by atoms with Crippen LogP contribution in [0.15, 0.2) is 24.3 Å². The minimum Gasteiger partial charge on any atom is -0.477 e. The highest BCUT2D eigenvalue weighted by Crippen LogP contribution is 2.36. The van der Waals surface area contributed by atoms with Crippen molar-refractivity contribution in [3.63, 3.8) is 0 Å². The summed E-state index contributed by atoms with van der Waals surface area (Å²) in [6.07, 6.45) is 1.25. The summed E-state index contributed by atoms with van der Waals surface area (Å²) in [6.45, 7) is 3.20. The van der Waals surface area contributed by atoms with Crippen LogP contribution >= 0.6 is 0 Å². The molecule has 0 spiro atoms. The molecule has 1 aromatic carbocycles. The van der Waals surface area contributed by atoms with Crippen LogP contribution in [0.5, 0.6) is 5.75 Å². The molecule has 1 saturated heterocycles. The predicted octanol–water partition coefficient (Wildman–Crippen LogP) is 1.04. The fourth-order valence-corrected chi connectivity index (χ4v) is 3.02. The van der Waals surface area contributed by atoms with Crippen molar-refractivity contribution >= 4 is 5.97 Å². The van der Waals surface area contributed by atoms with Gasteiger partial charge in [0.1, 0.15) is 5.75 Å². The van der Waals surface area contributed by atoms with Crippen molar-refractivity contribution in [3.8, 4) is 5.75 Å². The number of rotatable bonds is 2. The van der Waals surface area contributed by atoms with Crippen molar-refractivity contribution in [3.05, 3.63) is 29.8 Å². The van der Waals surface area contributed by atoms with Crippen LogP contribution in [0, 0.1) is 0 Å². The lowest BCUT2D eigenvalue weighted by atomic mass is 9.95. The number of carboxylic acid groups (broad SMARTS) is 1. The molecule has 0 radical (unpaired) electrons. The van der Waals surface area contributed by atoms with Gasteiger partial charge in [-0.25, -0.2) is 4.79 Å². The molecule has 0 aliphatic carbocycles. The summed E-state index contributed by atoms with van der Waals surface area (Å²) in [7, 11) is 2.06. The van der Waals surface area contributed by atoms with Crippen LogP contribution in [0.4, 0.5) is 0 Å². The molecule has 0 aromatic heterocycles. The molecule has 1 unspecified atom stereocenters. The quantitative estimate of drug-likeness (QED) is 0.874. The average molecular weight is 276 g/mol. The monoisotopic (exact) mass is 276 g/mol. The summed E-state index contributed by atoms with van der Waals surface area (Å²) in [5.74, 6) is -0.170. The van der Waals surface area contributed by atoms with Crippen LogP contribution in [-0.4, -0.2) is 59.8 Å². The Morgan fingerprint density at radius 3 is 2.65 bits per heavy atom. The lowest BCUT2D eigenvalue weighted by Gasteiger charge is -2.46. The van der Waals surface area contributed by atoms with E-state index in [-0.39, 0.29) is 0 Å². The van der Waals surface area contributed by atoms with Crippen molar-refractivity contribution in [1.82, 2.24) is 9.80 Å². The maximum Gasteiger partial charge on any atom is 0.364 e. The van der Waals surface area contributed by atoms with Gasteiger partial charge >= 0.3 is 5.97 Å². The summed E-state index contributed by atoms with van der Waals surface area (Å²) in [6, 6.07) is 7.72. The maximum absolute atomic E-state index is 11.9. The maximum atomic E-state index is 11.9. The molecular weight excluding hydrogens is 256 g/mol. The van der Waals surface area contributed by atoms with Gasteiger partial charge in [0.15, 0.2) is 0 Å². The number of aryl methyl sites for hydroxylation is 1. The van der Waals surface area contributed by atoms with Gasteiger partial charge in [0.25, 0.3) is 5.72 Å². The molecule has 108 valence electrons. The molecule has 0 amide bonds. The van der Waals surface area contributed by atoms with Gasteiger partial charge in [0, 0.05) is 32.6 Å². The van der Waals surface area contributed by atoms with Crippen LogP contribution in [0.1, 0.15) is 12.0 Å². The first-order valence-electron chi connectivity index (χ1n) is 7.06. The number of para-hydroxylation sites is 1. The zero-order valence-electron chi connectivity index (χ0n) is 11.7. The van der Waals surface area contributed by atoms with E-state index in [9.17, 15) is 9.90 Å². The molecule has 5 heteroatoms. The Kier molecular flexibility index (Phi) is 3.40. The molecule has 20 heavy (non-hydrogen) atoms. The normalized spacial score (nSPS) is 27.6. The van der Waals surface area contributed by atoms with E-state index in [0.717, 1.165) is 38.2 Å². The van der Waals surface area contributed by atoms with E-state index in [0.29, 0.717) is 12.2 Å². The molecule has 1 fully saturated rings. The second-order valence-corrected chi connectivity index (χ2v) is 5.59. The second kappa shape index (κ2) is 5.07. The largest absolute Gasteiger partial charge is 0.477 e. The molecule has 0 bridgehead atoms. The summed E-state index contributed by atoms with van der Waals surface area (Å²) in [5, 5.41) is 9.75. The van der Waals surface area contributed by atoms with Gasteiger partial charge < -0.3 is 14.7 Å². The molecule has 2 heterocycles. The fourth-order valence-electron chi connectivity index (χ4n) is 3.02. The molecular formula is C15H20N2O3. The molecule has 1 N–H and O–H groups in total. The fraction of sp³-hybridized carbons (Fsp3) is 0.533. The van der Waals surface area contributed by atoms with Crippen molar-refractivity contribution in [1.29, 1.82) is 0 Å². The topological polar surface area (TPSA) is 53.0 Å². The number of carboxylic acids is 1. The number of nitrogens with zero attached hydrogens (tertiary/aromatic N) is 2. The SMILES string of the molecule is CN1CCN(C2(C(=O)O)CCc3ccccc3O2)CC1. The van der Waals surface area contributed by atoms with Crippen molar-refractivity contribution in [2.24, 2.45) is 0 Å². The van der Waals surface area contributed by atoms with Gasteiger partial charge in [0.2, 0.25) is 0 Å². The summed E-state index contributed by atoms with van der Waals surface area (Å²) < 4.78 is 5.96. The molecule has 2 aliphatic rings. The first-order chi connectivity index (χ1) is 9.62. The first kappa shape index (κ1) is 13.4. The third-order valence-electron chi connectivity index (χ3n) is 4.33. The number of likely N-dealkylation sites (N-methyl/N-ethyl adjacent to an activating group) is 1. The molecule has 0 saturated carbocycles. The standard InChI is InChI=1S/C15H20N2O3/c1-16-8-10-17(11-9-16)15(14(18)19)7-6-12-4-2-3-5-13(12)20-15/h2-5H,6-11H2,1H3,(H,18,19). The van der Waals surface area contributed by atoms with E-state index < -0.39 is 11.7 Å². The second-order valence-electron chi connectivity index (χ2n) is 5.59. The Balaban J connectivity index is 1.89. The Morgan fingerprint density at radius 1 is 1.25 bits per heavy atom. The number of fused-ring (bicyclic) bond motifs is 1. The third kappa shape index (κ3) is 2.17. The summed E-state index contributed by atoms with van der Waals surface area (Å²) >= 11 is 0. The zero-order valence-corrected chi connectivity index (χ0v) is 11.7. The van der Waals surface area contributed by atoms with E-state index in [1.54, 1.807) is 0 Å². The lowest BCUT2D eigenvalue weighted by Crippen LogP contribution is -2.64. The molecule has 1 atom stereocenters. The van der Waals surface area contributed by atoms with Gasteiger partial charge in [-0.1, -0.05) is 18.2 Å². The minimum atomic E-state index is -1.20. The van der Waals surface area contributed by atoms with Crippen LogP contribution in [0.25, 0.3) is 0 Å². The Bertz CT molecular complexity index is 512. The van der Waals surface area contributed by atoms with Gasteiger partial charge in [-0.15, -0.1) is 0 Å². The number of aliphatic carboxylic acids is 1. The van der Waals surface area contributed by atoms with Crippen molar-refractivity contribution < 1.29 is 14.6 Å².